The number of hydrogen-bond acceptors (Lipinski definition) is 6. The fourth-order valence-electron chi connectivity index (χ4n) is 3.39. The van der Waals surface area contributed by atoms with E-state index in [4.69, 9.17) is 4.74 Å². The highest BCUT2D eigenvalue weighted by molar-refractivity contribution is 5.85. The molecule has 0 bridgehead atoms. The van der Waals surface area contributed by atoms with Gasteiger partial charge in [-0.1, -0.05) is 12.2 Å². The topological polar surface area (TPSA) is 90.7 Å². The predicted octanol–water partition coefficient (Wildman–Crippen LogP) is 4.32. The van der Waals surface area contributed by atoms with Crippen molar-refractivity contribution < 1.29 is 4.74 Å². The minimum Gasteiger partial charge on any atom is -0.461 e. The number of H-pyrrole nitrogens is 1. The second-order valence-electron chi connectivity index (χ2n) is 8.03. The van der Waals surface area contributed by atoms with Crippen molar-refractivity contribution in [2.24, 2.45) is 0 Å². The average Bonchev–Trinajstić information content (AvgIpc) is 3.17. The molecule has 7 nitrogen and oxygen atoms in total. The number of fused-ring (bicyclic) bond motifs is 1. The van der Waals surface area contributed by atoms with Crippen molar-refractivity contribution in [2.75, 3.05) is 6.54 Å². The van der Waals surface area contributed by atoms with Crippen LogP contribution in [0.1, 0.15) is 33.3 Å². The molecule has 0 fully saturated rings. The van der Waals surface area contributed by atoms with E-state index in [1.54, 1.807) is 12.4 Å². The van der Waals surface area contributed by atoms with Crippen LogP contribution in [-0.4, -0.2) is 43.0 Å². The van der Waals surface area contributed by atoms with Crippen LogP contribution in [0, 0.1) is 11.3 Å². The molecule has 0 unspecified atom stereocenters. The number of hydrogen-bond donors (Lipinski definition) is 1. The molecule has 0 aliphatic carbocycles. The van der Waals surface area contributed by atoms with Crippen LogP contribution < -0.4 is 4.74 Å². The normalized spacial score (nSPS) is 14.1. The lowest BCUT2D eigenvalue weighted by Gasteiger charge is -2.37. The van der Waals surface area contributed by atoms with Gasteiger partial charge in [0.1, 0.15) is 11.2 Å². The van der Waals surface area contributed by atoms with E-state index in [2.05, 4.69) is 43.0 Å². The van der Waals surface area contributed by atoms with Gasteiger partial charge in [0, 0.05) is 47.3 Å². The van der Waals surface area contributed by atoms with Gasteiger partial charge in [-0.15, -0.1) is 0 Å². The first-order chi connectivity index (χ1) is 14.4. The van der Waals surface area contributed by atoms with Crippen LogP contribution in [0.5, 0.6) is 6.01 Å². The lowest BCUT2D eigenvalue weighted by molar-refractivity contribution is 0.222. The van der Waals surface area contributed by atoms with Crippen molar-refractivity contribution in [1.29, 1.82) is 5.26 Å². The maximum atomic E-state index is 9.60. The SMILES string of the molecule is CC(C)Oc1ncc(-c2cc3cc(C4=CC=CCN4C(C)(C)C#N)cnc3[nH]2)cn1. The third-order valence-electron chi connectivity index (χ3n) is 4.96. The minimum atomic E-state index is -0.619. The van der Waals surface area contributed by atoms with E-state index in [0.29, 0.717) is 12.6 Å². The number of pyridine rings is 1. The number of aromatic nitrogens is 4. The summed E-state index contributed by atoms with van der Waals surface area (Å²) in [4.78, 5) is 18.6. The number of ether oxygens (including phenoxy) is 1. The number of nitrogens with one attached hydrogen (secondary N) is 1. The molecule has 1 aliphatic rings. The lowest BCUT2D eigenvalue weighted by atomic mass is 9.99. The maximum Gasteiger partial charge on any atom is 0.316 e. The Bertz CT molecular complexity index is 1160. The fraction of sp³-hybridized carbons (Fsp3) is 0.304. The van der Waals surface area contributed by atoms with Gasteiger partial charge in [0.05, 0.1) is 17.9 Å². The van der Waals surface area contributed by atoms with E-state index < -0.39 is 5.54 Å². The molecule has 0 saturated heterocycles. The monoisotopic (exact) mass is 400 g/mol. The molecule has 1 aliphatic heterocycles. The summed E-state index contributed by atoms with van der Waals surface area (Å²) in [6, 6.07) is 6.88. The molecule has 0 amide bonds. The van der Waals surface area contributed by atoms with Crippen LogP contribution in [0.25, 0.3) is 28.0 Å². The summed E-state index contributed by atoms with van der Waals surface area (Å²) in [5, 5.41) is 10.6. The molecule has 3 aromatic heterocycles. The number of nitrogens with zero attached hydrogens (tertiary/aromatic N) is 5. The van der Waals surface area contributed by atoms with Crippen molar-refractivity contribution in [3.05, 3.63) is 54.5 Å². The van der Waals surface area contributed by atoms with Crippen LogP contribution in [-0.2, 0) is 0 Å². The Morgan fingerprint density at radius 3 is 2.57 bits per heavy atom. The highest BCUT2D eigenvalue weighted by Crippen LogP contribution is 2.31. The molecule has 152 valence electrons. The maximum absolute atomic E-state index is 9.60. The number of nitriles is 1. The van der Waals surface area contributed by atoms with Crippen LogP contribution >= 0.6 is 0 Å². The third-order valence-corrected chi connectivity index (χ3v) is 4.96. The van der Waals surface area contributed by atoms with Crippen LogP contribution in [0.4, 0.5) is 0 Å². The van der Waals surface area contributed by atoms with Gasteiger partial charge in [-0.2, -0.15) is 5.26 Å². The summed E-state index contributed by atoms with van der Waals surface area (Å²) in [6.07, 6.45) is 11.4. The molecule has 1 N–H and O–H groups in total. The van der Waals surface area contributed by atoms with Crippen molar-refractivity contribution in [3.63, 3.8) is 0 Å². The van der Waals surface area contributed by atoms with Gasteiger partial charge < -0.3 is 14.6 Å². The molecule has 0 aromatic carbocycles. The first-order valence-electron chi connectivity index (χ1n) is 9.91. The standard InChI is InChI=1S/C23H24N6O/c1-15(2)30-22-26-12-18(13-27-22)19-10-16-9-17(11-25-21(16)28-19)20-7-5-6-8-29(20)23(3,4)14-24/h5-7,9-13,15H,8H2,1-4H3,(H,25,28). The van der Waals surface area contributed by atoms with E-state index in [1.165, 1.54) is 0 Å². The Morgan fingerprint density at radius 2 is 1.87 bits per heavy atom. The number of allylic oxidation sites excluding steroid dienone is 2. The Hall–Kier alpha value is -3.66. The molecule has 3 aromatic rings. The van der Waals surface area contributed by atoms with E-state index in [1.807, 2.05) is 52.1 Å². The second kappa shape index (κ2) is 7.64. The summed E-state index contributed by atoms with van der Waals surface area (Å²) >= 11 is 0. The molecule has 0 atom stereocenters. The lowest BCUT2D eigenvalue weighted by Crippen LogP contribution is -2.42. The molecule has 4 rings (SSSR count). The Morgan fingerprint density at radius 1 is 1.13 bits per heavy atom. The molecule has 30 heavy (non-hydrogen) atoms. The molecule has 0 spiro atoms. The highest BCUT2D eigenvalue weighted by atomic mass is 16.5. The average molecular weight is 400 g/mol. The summed E-state index contributed by atoms with van der Waals surface area (Å²) < 4.78 is 5.51. The van der Waals surface area contributed by atoms with Crippen LogP contribution in [0.15, 0.2) is 49.0 Å². The van der Waals surface area contributed by atoms with Crippen LogP contribution in [0.3, 0.4) is 0 Å². The van der Waals surface area contributed by atoms with Gasteiger partial charge in [0.2, 0.25) is 0 Å². The van der Waals surface area contributed by atoms with E-state index >= 15 is 0 Å². The molecule has 7 heteroatoms. The second-order valence-corrected chi connectivity index (χ2v) is 8.03. The zero-order valence-electron chi connectivity index (χ0n) is 17.5. The van der Waals surface area contributed by atoms with E-state index in [0.717, 1.165) is 33.6 Å². The van der Waals surface area contributed by atoms with Crippen molar-refractivity contribution in [1.82, 2.24) is 24.8 Å². The first kappa shape index (κ1) is 19.6. The summed E-state index contributed by atoms with van der Waals surface area (Å²) in [7, 11) is 0. The fourth-order valence-corrected chi connectivity index (χ4v) is 3.39. The minimum absolute atomic E-state index is 0.0288. The molecule has 4 heterocycles. The smallest absolute Gasteiger partial charge is 0.316 e. The van der Waals surface area contributed by atoms with Crippen molar-refractivity contribution in [2.45, 2.75) is 39.3 Å². The molecule has 0 saturated carbocycles. The van der Waals surface area contributed by atoms with Crippen LogP contribution in [0.2, 0.25) is 0 Å². The van der Waals surface area contributed by atoms with Crippen molar-refractivity contribution >= 4 is 16.7 Å². The summed E-state index contributed by atoms with van der Waals surface area (Å²) in [5.74, 6) is 0. The first-order valence-corrected chi connectivity index (χ1v) is 9.91. The zero-order valence-corrected chi connectivity index (χ0v) is 17.5. The van der Waals surface area contributed by atoms with Gasteiger partial charge in [-0.25, -0.2) is 15.0 Å². The highest BCUT2D eigenvalue weighted by Gasteiger charge is 2.29. The predicted molar refractivity (Wildman–Crippen MR) is 116 cm³/mol. The zero-order chi connectivity index (χ0) is 21.3. The van der Waals surface area contributed by atoms with Gasteiger partial charge in [0.15, 0.2) is 0 Å². The molecule has 0 radical (unpaired) electrons. The van der Waals surface area contributed by atoms with Gasteiger partial charge in [0.25, 0.3) is 0 Å². The Labute approximate surface area is 175 Å². The third kappa shape index (κ3) is 3.77. The summed E-state index contributed by atoms with van der Waals surface area (Å²) in [6.45, 7) is 8.41. The Kier molecular flexibility index (Phi) is 5.00. The number of rotatable bonds is 5. The van der Waals surface area contributed by atoms with Crippen molar-refractivity contribution in [3.8, 4) is 23.3 Å². The largest absolute Gasteiger partial charge is 0.461 e. The quantitative estimate of drug-likeness (QED) is 0.686. The van der Waals surface area contributed by atoms with Gasteiger partial charge >= 0.3 is 6.01 Å². The van der Waals surface area contributed by atoms with E-state index in [9.17, 15) is 5.26 Å². The molecular weight excluding hydrogens is 376 g/mol. The summed E-state index contributed by atoms with van der Waals surface area (Å²) in [5.41, 5.74) is 3.87. The number of aromatic amines is 1. The van der Waals surface area contributed by atoms with E-state index in [-0.39, 0.29) is 6.10 Å². The Balaban J connectivity index is 1.67. The molecular formula is C23H24N6O. The van der Waals surface area contributed by atoms with Gasteiger partial charge in [-0.05, 0) is 45.9 Å². The van der Waals surface area contributed by atoms with Gasteiger partial charge in [-0.3, -0.25) is 0 Å².